The topological polar surface area (TPSA) is 103 Å². The quantitative estimate of drug-likeness (QED) is 0.240. The molecule has 0 spiro atoms. The van der Waals surface area contributed by atoms with Crippen molar-refractivity contribution in [2.75, 3.05) is 0 Å². The highest BCUT2D eigenvalue weighted by atomic mass is 19.1. The van der Waals surface area contributed by atoms with Gasteiger partial charge in [-0.25, -0.2) is 14.2 Å². The van der Waals surface area contributed by atoms with Gasteiger partial charge in [0.1, 0.15) is 17.4 Å². The molecule has 2 aromatic heterocycles. The smallest absolute Gasteiger partial charge is 0.439 e. The van der Waals surface area contributed by atoms with Gasteiger partial charge in [0.15, 0.2) is 5.82 Å². The molecule has 0 unspecified atom stereocenters. The highest BCUT2D eigenvalue weighted by molar-refractivity contribution is 5.80. The summed E-state index contributed by atoms with van der Waals surface area (Å²) in [7, 11) is 0. The third kappa shape index (κ3) is 5.26. The highest BCUT2D eigenvalue weighted by Gasteiger charge is 2.19. The Morgan fingerprint density at radius 1 is 1.07 bits per heavy atom. The lowest BCUT2D eigenvalue weighted by Gasteiger charge is -2.16. The third-order valence-corrected chi connectivity index (χ3v) is 6.58. The Balaban J connectivity index is 1.54. The second kappa shape index (κ2) is 11.4. The van der Waals surface area contributed by atoms with Crippen LogP contribution in [-0.4, -0.2) is 19.7 Å². The summed E-state index contributed by atoms with van der Waals surface area (Å²) in [5, 5.41) is 3.77. The van der Waals surface area contributed by atoms with Gasteiger partial charge in [0.05, 0.1) is 17.6 Å². The molecule has 0 bridgehead atoms. The number of hydrogen-bond acceptors (Lipinski definition) is 6. The zero-order valence-corrected chi connectivity index (χ0v) is 22.1. The summed E-state index contributed by atoms with van der Waals surface area (Å²) >= 11 is 0. The van der Waals surface area contributed by atoms with Gasteiger partial charge in [-0.15, -0.1) is 0 Å². The van der Waals surface area contributed by atoms with E-state index >= 15 is 4.39 Å². The van der Waals surface area contributed by atoms with Crippen LogP contribution in [0.3, 0.4) is 0 Å². The lowest BCUT2D eigenvalue weighted by atomic mass is 9.95. The first kappa shape index (κ1) is 26.6. The Bertz CT molecular complexity index is 1800. The van der Waals surface area contributed by atoms with E-state index in [1.807, 2.05) is 19.1 Å². The Hall–Kier alpha value is -5.05. The van der Waals surface area contributed by atoms with E-state index in [0.29, 0.717) is 57.2 Å². The monoisotopic (exact) mass is 538 g/mol. The molecular weight excluding hydrogens is 511 g/mol. The lowest BCUT2D eigenvalue weighted by molar-refractivity contribution is 0.388. The molecule has 202 valence electrons. The first-order valence-corrected chi connectivity index (χ1v) is 12.8. The van der Waals surface area contributed by atoms with Crippen LogP contribution in [0, 0.1) is 12.7 Å². The molecule has 0 radical (unpaired) electrons. The summed E-state index contributed by atoms with van der Waals surface area (Å²) in [6, 6.07) is 19.1. The van der Waals surface area contributed by atoms with Crippen LogP contribution in [0.15, 0.2) is 93.7 Å². The molecule has 3 aromatic carbocycles. The van der Waals surface area contributed by atoms with Crippen molar-refractivity contribution in [3.05, 3.63) is 129 Å². The molecule has 8 nitrogen and oxygen atoms in total. The zero-order chi connectivity index (χ0) is 28.2. The number of aromatic amines is 1. The molecule has 0 amide bonds. The average Bonchev–Trinajstić information content (AvgIpc) is 3.39. The maximum Gasteiger partial charge on any atom is 0.439 e. The van der Waals surface area contributed by atoms with Crippen LogP contribution in [0.1, 0.15) is 36.0 Å². The van der Waals surface area contributed by atoms with E-state index in [0.717, 1.165) is 6.42 Å². The van der Waals surface area contributed by atoms with Crippen molar-refractivity contribution >= 4 is 0 Å². The van der Waals surface area contributed by atoms with Gasteiger partial charge in [-0.05, 0) is 60.4 Å². The summed E-state index contributed by atoms with van der Waals surface area (Å²) in [5.41, 5.74) is 3.75. The van der Waals surface area contributed by atoms with E-state index in [4.69, 9.17) is 9.72 Å². The second-order valence-corrected chi connectivity index (χ2v) is 9.23. The average molecular weight is 539 g/mol. The molecule has 0 atom stereocenters. The van der Waals surface area contributed by atoms with Gasteiger partial charge in [-0.1, -0.05) is 61.5 Å². The van der Waals surface area contributed by atoms with Crippen LogP contribution in [0.5, 0.6) is 5.75 Å². The van der Waals surface area contributed by atoms with E-state index in [1.165, 1.54) is 16.9 Å². The molecule has 40 heavy (non-hydrogen) atoms. The highest BCUT2D eigenvalue weighted by Crippen LogP contribution is 2.31. The first-order chi connectivity index (χ1) is 19.4. The minimum absolute atomic E-state index is 0.0868. The molecule has 2 heterocycles. The number of benzene rings is 3. The van der Waals surface area contributed by atoms with Crippen LogP contribution >= 0.6 is 0 Å². The number of aromatic nitrogens is 4. The molecule has 5 aromatic rings. The summed E-state index contributed by atoms with van der Waals surface area (Å²) in [5.74, 6) is 0.268. The minimum Gasteiger partial charge on any atom is -0.466 e. The Kier molecular flexibility index (Phi) is 7.54. The Morgan fingerprint density at radius 2 is 1.82 bits per heavy atom. The van der Waals surface area contributed by atoms with Gasteiger partial charge in [0, 0.05) is 17.5 Å². The molecule has 0 aliphatic carbocycles. The number of hydrogen-bond donors (Lipinski definition) is 1. The largest absolute Gasteiger partial charge is 0.466 e. The van der Waals surface area contributed by atoms with Crippen molar-refractivity contribution in [3.8, 4) is 34.0 Å². The fraction of sp³-hybridized carbons (Fsp3) is 0.161. The van der Waals surface area contributed by atoms with Crippen LogP contribution in [0.2, 0.25) is 0 Å². The molecular formula is C31H27FN4O4. The number of nitrogens with zero attached hydrogens (tertiary/aromatic N) is 3. The summed E-state index contributed by atoms with van der Waals surface area (Å²) in [4.78, 5) is 32.6. The standard InChI is InChI=1S/C31H27FN4O4/c1-4-8-28-26(30(37)36(19(3)33-28)22-13-15-23(16-14-22)39-5-2)17-21-12-11-20(18-27(21)32)24-9-6-7-10-25(24)29-34-31(38)40-35-29/h5-7,9-16,18H,2,4,8,17H2,1,3H3,(H,34,35,38). The van der Waals surface area contributed by atoms with Crippen molar-refractivity contribution in [2.24, 2.45) is 0 Å². The molecule has 9 heteroatoms. The number of aryl methyl sites for hydroxylation is 2. The number of ether oxygens (including phenoxy) is 1. The van der Waals surface area contributed by atoms with E-state index in [2.05, 4.69) is 21.2 Å². The maximum atomic E-state index is 15.6. The Labute approximate surface area is 229 Å². The number of rotatable bonds is 9. The van der Waals surface area contributed by atoms with Crippen LogP contribution in [0.4, 0.5) is 4.39 Å². The maximum absolute atomic E-state index is 15.6. The van der Waals surface area contributed by atoms with Crippen molar-refractivity contribution in [1.29, 1.82) is 0 Å². The molecule has 1 N–H and O–H groups in total. The second-order valence-electron chi connectivity index (χ2n) is 9.23. The van der Waals surface area contributed by atoms with E-state index in [-0.39, 0.29) is 17.8 Å². The SMILES string of the molecule is C=COc1ccc(-n2c(C)nc(CCC)c(Cc3ccc(-c4ccccc4-c4noc(=O)[nH]4)cc3F)c2=O)cc1. The summed E-state index contributed by atoms with van der Waals surface area (Å²) in [6.07, 6.45) is 2.81. The number of nitrogens with one attached hydrogen (secondary N) is 1. The van der Waals surface area contributed by atoms with Gasteiger partial charge in [-0.2, -0.15) is 0 Å². The molecule has 0 aliphatic rings. The fourth-order valence-corrected chi connectivity index (χ4v) is 4.75. The van der Waals surface area contributed by atoms with Crippen molar-refractivity contribution in [3.63, 3.8) is 0 Å². The van der Waals surface area contributed by atoms with Crippen molar-refractivity contribution in [1.82, 2.24) is 19.7 Å². The minimum atomic E-state index is -0.674. The van der Waals surface area contributed by atoms with E-state index in [9.17, 15) is 9.59 Å². The van der Waals surface area contributed by atoms with Gasteiger partial charge in [0.25, 0.3) is 5.56 Å². The van der Waals surface area contributed by atoms with Gasteiger partial charge in [0.2, 0.25) is 0 Å². The van der Waals surface area contributed by atoms with Crippen LogP contribution in [0.25, 0.3) is 28.2 Å². The molecule has 0 aliphatic heterocycles. The Morgan fingerprint density at radius 3 is 2.48 bits per heavy atom. The molecule has 0 saturated carbocycles. The van der Waals surface area contributed by atoms with Crippen molar-refractivity contribution in [2.45, 2.75) is 33.1 Å². The summed E-state index contributed by atoms with van der Waals surface area (Å²) < 4.78 is 27.1. The van der Waals surface area contributed by atoms with E-state index < -0.39 is 11.6 Å². The number of halogens is 1. The van der Waals surface area contributed by atoms with Gasteiger partial charge >= 0.3 is 5.76 Å². The predicted octanol–water partition coefficient (Wildman–Crippen LogP) is 5.76. The predicted molar refractivity (Wildman–Crippen MR) is 150 cm³/mol. The zero-order valence-electron chi connectivity index (χ0n) is 22.1. The first-order valence-electron chi connectivity index (χ1n) is 12.8. The third-order valence-electron chi connectivity index (χ3n) is 6.58. The normalized spacial score (nSPS) is 11.0. The van der Waals surface area contributed by atoms with Crippen LogP contribution < -0.4 is 16.1 Å². The van der Waals surface area contributed by atoms with Crippen LogP contribution in [-0.2, 0) is 12.8 Å². The fourth-order valence-electron chi connectivity index (χ4n) is 4.75. The molecule has 0 saturated heterocycles. The molecule has 5 rings (SSSR count). The van der Waals surface area contributed by atoms with Gasteiger partial charge in [-0.3, -0.25) is 18.9 Å². The molecule has 0 fully saturated rings. The van der Waals surface area contributed by atoms with E-state index in [1.54, 1.807) is 55.5 Å². The van der Waals surface area contributed by atoms with Crippen molar-refractivity contribution < 1.29 is 13.7 Å². The number of H-pyrrole nitrogens is 1. The summed E-state index contributed by atoms with van der Waals surface area (Å²) in [6.45, 7) is 7.35. The lowest BCUT2D eigenvalue weighted by Crippen LogP contribution is -2.28. The van der Waals surface area contributed by atoms with Gasteiger partial charge < -0.3 is 4.74 Å².